The number of carboxylic acids is 1. The summed E-state index contributed by atoms with van der Waals surface area (Å²) in [6.45, 7) is 0.838. The zero-order valence-corrected chi connectivity index (χ0v) is 7.86. The molecule has 0 spiro atoms. The molecule has 1 saturated carbocycles. The van der Waals surface area contributed by atoms with Gasteiger partial charge in [-0.05, 0) is 30.5 Å². The third-order valence-electron chi connectivity index (χ3n) is 2.37. The summed E-state index contributed by atoms with van der Waals surface area (Å²) in [5.74, 6) is -0.869. The first kappa shape index (κ1) is 9.21. The molecule has 14 heavy (non-hydrogen) atoms. The largest absolute Gasteiger partial charge is 0.478 e. The second-order valence-corrected chi connectivity index (χ2v) is 3.66. The van der Waals surface area contributed by atoms with Crippen LogP contribution in [0.4, 0.5) is 0 Å². The van der Waals surface area contributed by atoms with Crippen LogP contribution in [-0.2, 0) is 6.54 Å². The highest BCUT2D eigenvalue weighted by Crippen LogP contribution is 2.19. The molecule has 0 aliphatic heterocycles. The van der Waals surface area contributed by atoms with Crippen molar-refractivity contribution in [2.24, 2.45) is 0 Å². The van der Waals surface area contributed by atoms with E-state index in [1.807, 2.05) is 12.1 Å². The topological polar surface area (TPSA) is 49.3 Å². The molecule has 0 unspecified atom stereocenters. The van der Waals surface area contributed by atoms with Crippen molar-refractivity contribution in [1.82, 2.24) is 5.32 Å². The van der Waals surface area contributed by atoms with Gasteiger partial charge in [-0.2, -0.15) is 0 Å². The summed E-state index contributed by atoms with van der Waals surface area (Å²) in [6.07, 6.45) is 2.54. The molecule has 74 valence electrons. The molecule has 0 radical (unpaired) electrons. The molecular formula is C11H13NO2. The van der Waals surface area contributed by atoms with Crippen LogP contribution < -0.4 is 5.32 Å². The predicted molar refractivity (Wildman–Crippen MR) is 53.3 cm³/mol. The first-order valence-corrected chi connectivity index (χ1v) is 4.81. The molecule has 1 aliphatic rings. The van der Waals surface area contributed by atoms with E-state index in [0.717, 1.165) is 12.1 Å². The van der Waals surface area contributed by atoms with Crippen LogP contribution >= 0.6 is 0 Å². The number of hydrogen-bond acceptors (Lipinski definition) is 2. The molecule has 0 saturated heterocycles. The minimum Gasteiger partial charge on any atom is -0.478 e. The van der Waals surface area contributed by atoms with Gasteiger partial charge in [-0.3, -0.25) is 0 Å². The van der Waals surface area contributed by atoms with Gasteiger partial charge in [0.25, 0.3) is 0 Å². The predicted octanol–water partition coefficient (Wildman–Crippen LogP) is 1.64. The minimum atomic E-state index is -0.869. The minimum absolute atomic E-state index is 0.347. The van der Waals surface area contributed by atoms with Gasteiger partial charge >= 0.3 is 5.97 Å². The van der Waals surface area contributed by atoms with Crippen molar-refractivity contribution in [3.05, 3.63) is 35.4 Å². The number of carboxylic acid groups (broad SMARTS) is 1. The SMILES string of the molecule is O=C(O)c1ccc(CNC2CC2)cc1. The summed E-state index contributed by atoms with van der Waals surface area (Å²) in [5.41, 5.74) is 1.49. The molecule has 2 rings (SSSR count). The first-order chi connectivity index (χ1) is 6.75. The van der Waals surface area contributed by atoms with Gasteiger partial charge in [0.05, 0.1) is 5.56 Å². The van der Waals surface area contributed by atoms with Crippen molar-refractivity contribution in [3.63, 3.8) is 0 Å². The first-order valence-electron chi connectivity index (χ1n) is 4.81. The van der Waals surface area contributed by atoms with E-state index < -0.39 is 5.97 Å². The maximum atomic E-state index is 10.6. The maximum absolute atomic E-state index is 10.6. The van der Waals surface area contributed by atoms with E-state index in [1.165, 1.54) is 12.8 Å². The smallest absolute Gasteiger partial charge is 0.335 e. The Hall–Kier alpha value is -1.35. The summed E-state index contributed by atoms with van der Waals surface area (Å²) in [6, 6.07) is 7.70. The van der Waals surface area contributed by atoms with Gasteiger partial charge in [0.15, 0.2) is 0 Å². The third kappa shape index (κ3) is 2.33. The van der Waals surface area contributed by atoms with Crippen LogP contribution in [0.1, 0.15) is 28.8 Å². The highest BCUT2D eigenvalue weighted by molar-refractivity contribution is 5.87. The quantitative estimate of drug-likeness (QED) is 0.760. The molecule has 2 N–H and O–H groups in total. The molecule has 0 heterocycles. The zero-order chi connectivity index (χ0) is 9.97. The molecule has 3 heteroatoms. The molecule has 1 fully saturated rings. The second kappa shape index (κ2) is 3.80. The van der Waals surface area contributed by atoms with Gasteiger partial charge in [-0.15, -0.1) is 0 Å². The van der Waals surface area contributed by atoms with E-state index in [4.69, 9.17) is 5.11 Å². The van der Waals surface area contributed by atoms with E-state index in [1.54, 1.807) is 12.1 Å². The fourth-order valence-corrected chi connectivity index (χ4v) is 1.31. The summed E-state index contributed by atoms with van der Waals surface area (Å²) in [4.78, 5) is 10.6. The normalized spacial score (nSPS) is 15.4. The standard InChI is InChI=1S/C11H13NO2/c13-11(14)9-3-1-8(2-4-9)7-12-10-5-6-10/h1-4,10,12H,5-7H2,(H,13,14). The van der Waals surface area contributed by atoms with Gasteiger partial charge in [-0.1, -0.05) is 12.1 Å². The van der Waals surface area contributed by atoms with E-state index in [9.17, 15) is 4.79 Å². The number of benzene rings is 1. The number of nitrogens with one attached hydrogen (secondary N) is 1. The van der Waals surface area contributed by atoms with E-state index >= 15 is 0 Å². The molecule has 0 amide bonds. The highest BCUT2D eigenvalue weighted by atomic mass is 16.4. The lowest BCUT2D eigenvalue weighted by Crippen LogP contribution is -2.15. The summed E-state index contributed by atoms with van der Waals surface area (Å²) in [5, 5.41) is 12.1. The van der Waals surface area contributed by atoms with Gasteiger partial charge < -0.3 is 10.4 Å². The number of carbonyl (C=O) groups is 1. The number of hydrogen-bond donors (Lipinski definition) is 2. The number of rotatable bonds is 4. The molecule has 0 atom stereocenters. The van der Waals surface area contributed by atoms with Crippen molar-refractivity contribution < 1.29 is 9.90 Å². The van der Waals surface area contributed by atoms with Gasteiger partial charge in [0.1, 0.15) is 0 Å². The van der Waals surface area contributed by atoms with E-state index in [2.05, 4.69) is 5.32 Å². The Morgan fingerprint density at radius 3 is 2.50 bits per heavy atom. The Kier molecular flexibility index (Phi) is 2.50. The maximum Gasteiger partial charge on any atom is 0.335 e. The molecule has 0 bridgehead atoms. The molecule has 0 aromatic heterocycles. The van der Waals surface area contributed by atoms with Crippen LogP contribution in [0.5, 0.6) is 0 Å². The Balaban J connectivity index is 1.94. The fraction of sp³-hybridized carbons (Fsp3) is 0.364. The van der Waals surface area contributed by atoms with Crippen LogP contribution in [-0.4, -0.2) is 17.1 Å². The van der Waals surface area contributed by atoms with Gasteiger partial charge in [0.2, 0.25) is 0 Å². The molecule has 1 aromatic rings. The monoisotopic (exact) mass is 191 g/mol. The second-order valence-electron chi connectivity index (χ2n) is 3.66. The molecule has 3 nitrogen and oxygen atoms in total. The summed E-state index contributed by atoms with van der Waals surface area (Å²) in [7, 11) is 0. The lowest BCUT2D eigenvalue weighted by molar-refractivity contribution is 0.0697. The van der Waals surface area contributed by atoms with Crippen molar-refractivity contribution in [1.29, 1.82) is 0 Å². The Bertz CT molecular complexity index is 328. The highest BCUT2D eigenvalue weighted by Gasteiger charge is 2.19. The fourth-order valence-electron chi connectivity index (χ4n) is 1.31. The number of aromatic carboxylic acids is 1. The van der Waals surface area contributed by atoms with Crippen molar-refractivity contribution in [2.45, 2.75) is 25.4 Å². The van der Waals surface area contributed by atoms with E-state index in [-0.39, 0.29) is 0 Å². The summed E-state index contributed by atoms with van der Waals surface area (Å²) >= 11 is 0. The molecule has 1 aliphatic carbocycles. The van der Waals surface area contributed by atoms with Crippen LogP contribution in [0.25, 0.3) is 0 Å². The lowest BCUT2D eigenvalue weighted by atomic mass is 10.1. The average molecular weight is 191 g/mol. The zero-order valence-electron chi connectivity index (χ0n) is 7.86. The Morgan fingerprint density at radius 2 is 2.00 bits per heavy atom. The van der Waals surface area contributed by atoms with Gasteiger partial charge in [-0.25, -0.2) is 4.79 Å². The van der Waals surface area contributed by atoms with Crippen LogP contribution in [0.3, 0.4) is 0 Å². The van der Waals surface area contributed by atoms with Crippen molar-refractivity contribution in [2.75, 3.05) is 0 Å². The third-order valence-corrected chi connectivity index (χ3v) is 2.37. The lowest BCUT2D eigenvalue weighted by Gasteiger charge is -2.02. The summed E-state index contributed by atoms with van der Waals surface area (Å²) < 4.78 is 0. The van der Waals surface area contributed by atoms with Crippen LogP contribution in [0.15, 0.2) is 24.3 Å². The van der Waals surface area contributed by atoms with E-state index in [0.29, 0.717) is 11.6 Å². The average Bonchev–Trinajstić information content (AvgIpc) is 2.99. The van der Waals surface area contributed by atoms with Gasteiger partial charge in [0, 0.05) is 12.6 Å². The van der Waals surface area contributed by atoms with Crippen molar-refractivity contribution >= 4 is 5.97 Å². The van der Waals surface area contributed by atoms with Crippen LogP contribution in [0, 0.1) is 0 Å². The molecular weight excluding hydrogens is 178 g/mol. The molecule has 1 aromatic carbocycles. The Morgan fingerprint density at radius 1 is 1.36 bits per heavy atom. The van der Waals surface area contributed by atoms with Crippen LogP contribution in [0.2, 0.25) is 0 Å². The van der Waals surface area contributed by atoms with Crippen molar-refractivity contribution in [3.8, 4) is 0 Å². The Labute approximate surface area is 82.8 Å².